The molecule has 1 aliphatic rings. The number of ketones is 2. The molecular weight excluding hydrogens is 426 g/mol. The number of oxazole rings is 1. The Morgan fingerprint density at radius 2 is 1.53 bits per heavy atom. The van der Waals surface area contributed by atoms with Crippen LogP contribution in [0.15, 0.2) is 70.7 Å². The summed E-state index contributed by atoms with van der Waals surface area (Å²) in [5.74, 6) is 0.185. The molecule has 0 unspecified atom stereocenters. The number of carbonyl (C=O) groups excluding carboxylic acids is 2. The highest BCUT2D eigenvalue weighted by Crippen LogP contribution is 2.32. The fourth-order valence-electron chi connectivity index (χ4n) is 4.07. The standard InChI is InChI=1S/C25H14ClN3O3/c1-29-23(13-6-8-16(26)9-7-13)28-25-24(29)27-20(32-25)12-19-21(30)17-10-14-4-2-3-5-15(14)11-18(17)22(19)31/h2-12H,1H3. The molecule has 7 heteroatoms. The van der Waals surface area contributed by atoms with Crippen LogP contribution in [0.25, 0.3) is 39.6 Å². The Hall–Kier alpha value is -4.03. The van der Waals surface area contributed by atoms with Crippen molar-refractivity contribution in [2.24, 2.45) is 7.05 Å². The first-order valence-electron chi connectivity index (χ1n) is 9.93. The van der Waals surface area contributed by atoms with Crippen molar-refractivity contribution in [1.29, 1.82) is 0 Å². The number of aromatic nitrogens is 3. The first kappa shape index (κ1) is 18.7. The quantitative estimate of drug-likeness (QED) is 0.268. The minimum atomic E-state index is -0.326. The third-order valence-corrected chi connectivity index (χ3v) is 5.94. The van der Waals surface area contributed by atoms with Crippen LogP contribution in [-0.2, 0) is 7.05 Å². The van der Waals surface area contributed by atoms with E-state index in [4.69, 9.17) is 16.0 Å². The zero-order valence-corrected chi connectivity index (χ0v) is 17.6. The Labute approximate surface area is 186 Å². The van der Waals surface area contributed by atoms with Crippen molar-refractivity contribution in [3.8, 4) is 11.4 Å². The Balaban J connectivity index is 1.40. The summed E-state index contributed by atoms with van der Waals surface area (Å²) in [5, 5.41) is 2.46. The zero-order chi connectivity index (χ0) is 22.0. The number of rotatable bonds is 2. The third kappa shape index (κ3) is 2.73. The highest BCUT2D eigenvalue weighted by atomic mass is 35.5. The van der Waals surface area contributed by atoms with Gasteiger partial charge < -0.3 is 8.98 Å². The van der Waals surface area contributed by atoms with Crippen LogP contribution in [0.5, 0.6) is 0 Å². The second-order valence-electron chi connectivity index (χ2n) is 7.64. The molecule has 2 heterocycles. The van der Waals surface area contributed by atoms with E-state index in [1.165, 1.54) is 6.08 Å². The van der Waals surface area contributed by atoms with Crippen molar-refractivity contribution in [3.63, 3.8) is 0 Å². The van der Waals surface area contributed by atoms with Crippen LogP contribution in [0.2, 0.25) is 5.02 Å². The fourth-order valence-corrected chi connectivity index (χ4v) is 4.19. The number of Topliss-reactive ketones (excluding diaryl/α,β-unsaturated/α-hetero) is 2. The Morgan fingerprint density at radius 3 is 2.12 bits per heavy atom. The van der Waals surface area contributed by atoms with Crippen LogP contribution in [0, 0.1) is 0 Å². The molecule has 0 radical (unpaired) electrons. The average molecular weight is 440 g/mol. The lowest BCUT2D eigenvalue weighted by Gasteiger charge is -2.01. The van der Waals surface area contributed by atoms with Crippen LogP contribution < -0.4 is 0 Å². The number of nitrogens with zero attached hydrogens (tertiary/aromatic N) is 3. The maximum Gasteiger partial charge on any atom is 0.267 e. The predicted molar refractivity (Wildman–Crippen MR) is 122 cm³/mol. The second kappa shape index (κ2) is 6.73. The van der Waals surface area contributed by atoms with Crippen molar-refractivity contribution in [2.45, 2.75) is 0 Å². The highest BCUT2D eigenvalue weighted by Gasteiger charge is 2.34. The molecule has 3 aromatic carbocycles. The SMILES string of the molecule is Cn1c(-c2ccc(Cl)cc2)nc2oc(C=C3C(=O)c4cc5ccccc5cc4C3=O)nc21. The van der Waals surface area contributed by atoms with Crippen LogP contribution in [0.3, 0.4) is 0 Å². The number of imidazole rings is 1. The molecule has 2 aromatic heterocycles. The fraction of sp³-hybridized carbons (Fsp3) is 0.0400. The minimum absolute atomic E-state index is 0.0415. The summed E-state index contributed by atoms with van der Waals surface area (Å²) in [4.78, 5) is 34.9. The van der Waals surface area contributed by atoms with E-state index in [-0.39, 0.29) is 23.0 Å². The van der Waals surface area contributed by atoms with Gasteiger partial charge in [-0.3, -0.25) is 9.59 Å². The average Bonchev–Trinajstić information content (AvgIpc) is 3.41. The number of hydrogen-bond donors (Lipinski definition) is 0. The van der Waals surface area contributed by atoms with Crippen molar-refractivity contribution in [1.82, 2.24) is 14.5 Å². The van der Waals surface area contributed by atoms with E-state index < -0.39 is 0 Å². The molecule has 0 aliphatic heterocycles. The molecule has 6 rings (SSSR count). The molecule has 0 saturated carbocycles. The maximum absolute atomic E-state index is 13.0. The highest BCUT2D eigenvalue weighted by molar-refractivity contribution is 6.42. The van der Waals surface area contributed by atoms with Crippen LogP contribution >= 0.6 is 11.6 Å². The second-order valence-corrected chi connectivity index (χ2v) is 8.08. The van der Waals surface area contributed by atoms with Crippen molar-refractivity contribution < 1.29 is 14.0 Å². The molecule has 0 N–H and O–H groups in total. The number of halogens is 1. The molecule has 0 spiro atoms. The van der Waals surface area contributed by atoms with E-state index in [2.05, 4.69) is 9.97 Å². The van der Waals surface area contributed by atoms with Crippen molar-refractivity contribution in [3.05, 3.63) is 88.3 Å². The van der Waals surface area contributed by atoms with Crippen LogP contribution in [0.4, 0.5) is 0 Å². The summed E-state index contributed by atoms with van der Waals surface area (Å²) in [6, 6.07) is 18.5. The van der Waals surface area contributed by atoms with Gasteiger partial charge in [-0.05, 0) is 47.2 Å². The van der Waals surface area contributed by atoms with Gasteiger partial charge in [-0.15, -0.1) is 0 Å². The Bertz CT molecular complexity index is 1570. The molecular formula is C25H14ClN3O3. The monoisotopic (exact) mass is 439 g/mol. The van der Waals surface area contributed by atoms with Gasteiger partial charge >= 0.3 is 0 Å². The molecule has 5 aromatic rings. The largest absolute Gasteiger partial charge is 0.417 e. The van der Waals surface area contributed by atoms with E-state index in [9.17, 15) is 9.59 Å². The van der Waals surface area contributed by atoms with E-state index in [0.717, 1.165) is 16.3 Å². The lowest BCUT2D eigenvalue weighted by atomic mass is 10.0. The van der Waals surface area contributed by atoms with E-state index in [1.807, 2.05) is 43.4 Å². The van der Waals surface area contributed by atoms with E-state index >= 15 is 0 Å². The summed E-state index contributed by atoms with van der Waals surface area (Å²) in [6.45, 7) is 0. The maximum atomic E-state index is 13.0. The van der Waals surface area contributed by atoms with E-state index in [1.54, 1.807) is 28.8 Å². The van der Waals surface area contributed by atoms with Gasteiger partial charge in [0.1, 0.15) is 5.82 Å². The molecule has 0 saturated heterocycles. The number of fused-ring (bicyclic) bond motifs is 3. The number of hydrogen-bond acceptors (Lipinski definition) is 5. The van der Waals surface area contributed by atoms with Gasteiger partial charge in [-0.2, -0.15) is 9.97 Å². The topological polar surface area (TPSA) is 78.0 Å². The summed E-state index contributed by atoms with van der Waals surface area (Å²) in [5.41, 5.74) is 2.56. The smallest absolute Gasteiger partial charge is 0.267 e. The molecule has 0 amide bonds. The van der Waals surface area contributed by atoms with Gasteiger partial charge in [0.15, 0.2) is 11.6 Å². The normalized spacial score (nSPS) is 13.4. The molecule has 0 atom stereocenters. The summed E-state index contributed by atoms with van der Waals surface area (Å²) in [7, 11) is 1.83. The summed E-state index contributed by atoms with van der Waals surface area (Å²) in [6.07, 6.45) is 1.40. The van der Waals surface area contributed by atoms with Gasteiger partial charge in [0.2, 0.25) is 11.5 Å². The molecule has 6 nitrogen and oxygen atoms in total. The molecule has 1 aliphatic carbocycles. The number of aryl methyl sites for hydroxylation is 1. The molecule has 32 heavy (non-hydrogen) atoms. The predicted octanol–water partition coefficient (Wildman–Crippen LogP) is 5.50. The number of benzene rings is 3. The first-order valence-corrected chi connectivity index (χ1v) is 10.3. The minimum Gasteiger partial charge on any atom is -0.417 e. The van der Waals surface area contributed by atoms with Crippen molar-refractivity contribution >= 4 is 51.4 Å². The number of allylic oxidation sites excluding steroid dienone is 1. The van der Waals surface area contributed by atoms with Gasteiger partial charge in [0.25, 0.3) is 5.71 Å². The van der Waals surface area contributed by atoms with Gasteiger partial charge in [-0.1, -0.05) is 35.9 Å². The molecule has 0 fully saturated rings. The van der Waals surface area contributed by atoms with Gasteiger partial charge in [0, 0.05) is 34.8 Å². The van der Waals surface area contributed by atoms with Gasteiger partial charge in [0.05, 0.1) is 5.57 Å². The van der Waals surface area contributed by atoms with Gasteiger partial charge in [-0.25, -0.2) is 0 Å². The molecule has 0 bridgehead atoms. The van der Waals surface area contributed by atoms with Crippen molar-refractivity contribution in [2.75, 3.05) is 0 Å². The summed E-state index contributed by atoms with van der Waals surface area (Å²) >= 11 is 5.97. The van der Waals surface area contributed by atoms with Crippen LogP contribution in [-0.4, -0.2) is 26.1 Å². The molecule has 154 valence electrons. The van der Waals surface area contributed by atoms with E-state index in [0.29, 0.717) is 33.3 Å². The Kier molecular flexibility index (Phi) is 3.94. The Morgan fingerprint density at radius 1 is 0.906 bits per heavy atom. The lowest BCUT2D eigenvalue weighted by molar-refractivity contribution is 0.0990. The summed E-state index contributed by atoms with van der Waals surface area (Å²) < 4.78 is 7.56. The zero-order valence-electron chi connectivity index (χ0n) is 16.8. The number of carbonyl (C=O) groups is 2. The first-order chi connectivity index (χ1) is 15.5. The van der Waals surface area contributed by atoms with Crippen LogP contribution in [0.1, 0.15) is 26.6 Å². The third-order valence-electron chi connectivity index (χ3n) is 5.69. The lowest BCUT2D eigenvalue weighted by Crippen LogP contribution is -2.00.